The first-order chi connectivity index (χ1) is 9.90. The van der Waals surface area contributed by atoms with E-state index < -0.39 is 5.97 Å². The van der Waals surface area contributed by atoms with Crippen molar-refractivity contribution < 1.29 is 9.90 Å². The number of nitrogens with zero attached hydrogens (tertiary/aromatic N) is 3. The van der Waals surface area contributed by atoms with E-state index in [4.69, 9.17) is 16.7 Å². The van der Waals surface area contributed by atoms with Crippen LogP contribution in [0, 0.1) is 0 Å². The van der Waals surface area contributed by atoms with Gasteiger partial charge < -0.3 is 5.11 Å². The molecule has 0 saturated heterocycles. The lowest BCUT2D eigenvalue weighted by atomic mass is 10.2. The fourth-order valence-electron chi connectivity index (χ4n) is 1.80. The third-order valence-corrected chi connectivity index (χ3v) is 4.83. The maximum absolute atomic E-state index is 10.7. The second-order valence-electron chi connectivity index (χ2n) is 4.58. The summed E-state index contributed by atoms with van der Waals surface area (Å²) in [6, 6.07) is 5.63. The molecule has 1 aromatic carbocycles. The Morgan fingerprint density at radius 3 is 2.76 bits per heavy atom. The monoisotopic (exact) mass is 389 g/mol. The third kappa shape index (κ3) is 3.78. The van der Waals surface area contributed by atoms with Crippen molar-refractivity contribution in [3.05, 3.63) is 27.7 Å². The fourth-order valence-corrected chi connectivity index (χ4v) is 3.08. The Morgan fingerprint density at radius 2 is 2.19 bits per heavy atom. The lowest BCUT2D eigenvalue weighted by Crippen LogP contribution is -2.07. The standard InChI is InChI=1S/C13H13BrClN3O2S/c1-7(2)18-12(8-3-4-10(15)9(14)5-8)16-17-13(18)21-6-11(19)20/h3-5,7H,6H2,1-2H3,(H,19,20). The Hall–Kier alpha value is -1.05. The van der Waals surface area contributed by atoms with Gasteiger partial charge in [0, 0.05) is 16.1 Å². The summed E-state index contributed by atoms with van der Waals surface area (Å²) in [7, 11) is 0. The highest BCUT2D eigenvalue weighted by atomic mass is 79.9. The van der Waals surface area contributed by atoms with E-state index in [-0.39, 0.29) is 11.8 Å². The Labute approximate surface area is 139 Å². The third-order valence-electron chi connectivity index (χ3n) is 2.68. The molecule has 0 saturated carbocycles. The van der Waals surface area contributed by atoms with Gasteiger partial charge in [0.25, 0.3) is 0 Å². The lowest BCUT2D eigenvalue weighted by molar-refractivity contribution is -0.133. The molecular weight excluding hydrogens is 378 g/mol. The highest BCUT2D eigenvalue weighted by Gasteiger charge is 2.18. The van der Waals surface area contributed by atoms with Crippen molar-refractivity contribution in [3.8, 4) is 11.4 Å². The van der Waals surface area contributed by atoms with Crippen molar-refractivity contribution in [3.63, 3.8) is 0 Å². The lowest BCUT2D eigenvalue weighted by Gasteiger charge is -2.13. The molecule has 5 nitrogen and oxygen atoms in total. The summed E-state index contributed by atoms with van der Waals surface area (Å²) < 4.78 is 2.70. The van der Waals surface area contributed by atoms with Crippen molar-refractivity contribution >= 4 is 45.3 Å². The van der Waals surface area contributed by atoms with E-state index in [9.17, 15) is 4.79 Å². The minimum atomic E-state index is -0.880. The largest absolute Gasteiger partial charge is 0.481 e. The molecule has 0 aliphatic heterocycles. The van der Waals surface area contributed by atoms with Crippen LogP contribution in [-0.4, -0.2) is 31.6 Å². The van der Waals surface area contributed by atoms with Gasteiger partial charge in [0.15, 0.2) is 11.0 Å². The summed E-state index contributed by atoms with van der Waals surface area (Å²) >= 11 is 10.5. The van der Waals surface area contributed by atoms with E-state index >= 15 is 0 Å². The number of aliphatic carboxylic acids is 1. The summed E-state index contributed by atoms with van der Waals surface area (Å²) in [6.07, 6.45) is 0. The summed E-state index contributed by atoms with van der Waals surface area (Å²) in [6.45, 7) is 4.01. The van der Waals surface area contributed by atoms with Crippen LogP contribution < -0.4 is 0 Å². The van der Waals surface area contributed by atoms with Gasteiger partial charge in [-0.1, -0.05) is 23.4 Å². The number of carboxylic acid groups (broad SMARTS) is 1. The van der Waals surface area contributed by atoms with Crippen molar-refractivity contribution in [1.29, 1.82) is 0 Å². The molecule has 8 heteroatoms. The first-order valence-corrected chi connectivity index (χ1v) is 8.30. The van der Waals surface area contributed by atoms with E-state index in [0.717, 1.165) is 21.8 Å². The molecule has 21 heavy (non-hydrogen) atoms. The molecule has 0 amide bonds. The molecule has 0 bridgehead atoms. The topological polar surface area (TPSA) is 68.0 Å². The van der Waals surface area contributed by atoms with Gasteiger partial charge in [-0.05, 0) is 48.0 Å². The zero-order valence-corrected chi connectivity index (χ0v) is 14.5. The zero-order chi connectivity index (χ0) is 15.6. The summed E-state index contributed by atoms with van der Waals surface area (Å²) in [5.41, 5.74) is 0.870. The van der Waals surface area contributed by atoms with E-state index in [1.807, 2.05) is 30.5 Å². The van der Waals surface area contributed by atoms with Crippen molar-refractivity contribution in [2.24, 2.45) is 0 Å². The van der Waals surface area contributed by atoms with E-state index in [1.165, 1.54) is 0 Å². The molecule has 0 fully saturated rings. The molecule has 0 aliphatic rings. The number of hydrogen-bond donors (Lipinski definition) is 1. The molecule has 0 spiro atoms. The van der Waals surface area contributed by atoms with Gasteiger partial charge in [-0.3, -0.25) is 9.36 Å². The first-order valence-electron chi connectivity index (χ1n) is 6.15. The molecular formula is C13H13BrClN3O2S. The number of benzene rings is 1. The number of carboxylic acids is 1. The zero-order valence-electron chi connectivity index (χ0n) is 11.4. The number of thioether (sulfide) groups is 1. The van der Waals surface area contributed by atoms with Crippen LogP contribution >= 0.6 is 39.3 Å². The Bertz CT molecular complexity index is 675. The molecule has 0 atom stereocenters. The molecule has 0 unspecified atom stereocenters. The Balaban J connectivity index is 2.43. The number of halogens is 2. The molecule has 0 aliphatic carbocycles. The predicted octanol–water partition coefficient (Wildman–Crippen LogP) is 4.12. The van der Waals surface area contributed by atoms with E-state index in [2.05, 4.69) is 26.1 Å². The van der Waals surface area contributed by atoms with E-state index in [1.54, 1.807) is 6.07 Å². The van der Waals surface area contributed by atoms with Crippen LogP contribution in [0.5, 0.6) is 0 Å². The normalized spacial score (nSPS) is 11.1. The maximum atomic E-state index is 10.7. The van der Waals surface area contributed by atoms with Gasteiger partial charge in [0.05, 0.1) is 10.8 Å². The van der Waals surface area contributed by atoms with Crippen LogP contribution in [0.1, 0.15) is 19.9 Å². The number of rotatable bonds is 5. The average molecular weight is 391 g/mol. The number of hydrogen-bond acceptors (Lipinski definition) is 4. The molecule has 2 aromatic rings. The molecule has 2 rings (SSSR count). The van der Waals surface area contributed by atoms with Crippen LogP contribution in [0.2, 0.25) is 5.02 Å². The fraction of sp³-hybridized carbons (Fsp3) is 0.308. The minimum absolute atomic E-state index is 0.0465. The van der Waals surface area contributed by atoms with Crippen molar-refractivity contribution in [2.45, 2.75) is 25.0 Å². The predicted molar refractivity (Wildman–Crippen MR) is 86.9 cm³/mol. The van der Waals surface area contributed by atoms with Crippen LogP contribution in [-0.2, 0) is 4.79 Å². The van der Waals surface area contributed by atoms with Crippen LogP contribution in [0.3, 0.4) is 0 Å². The Morgan fingerprint density at radius 1 is 1.48 bits per heavy atom. The van der Waals surface area contributed by atoms with Crippen molar-refractivity contribution in [2.75, 3.05) is 5.75 Å². The van der Waals surface area contributed by atoms with Gasteiger partial charge in [0.2, 0.25) is 0 Å². The molecule has 1 N–H and O–H groups in total. The number of carbonyl (C=O) groups is 1. The second-order valence-corrected chi connectivity index (χ2v) is 6.79. The second kappa shape index (κ2) is 6.81. The summed E-state index contributed by atoms with van der Waals surface area (Å²) in [5.74, 6) is -0.237. The highest BCUT2D eigenvalue weighted by Crippen LogP contribution is 2.31. The van der Waals surface area contributed by atoms with Gasteiger partial charge in [-0.15, -0.1) is 10.2 Å². The quantitative estimate of drug-likeness (QED) is 0.778. The number of aromatic nitrogens is 3. The molecule has 1 heterocycles. The first kappa shape index (κ1) is 16.3. The van der Waals surface area contributed by atoms with Gasteiger partial charge in [0.1, 0.15) is 0 Å². The summed E-state index contributed by atoms with van der Waals surface area (Å²) in [4.78, 5) is 10.7. The average Bonchev–Trinajstić information content (AvgIpc) is 2.83. The molecule has 112 valence electrons. The van der Waals surface area contributed by atoms with Crippen LogP contribution in [0.15, 0.2) is 27.8 Å². The Kier molecular flexibility index (Phi) is 5.29. The smallest absolute Gasteiger partial charge is 0.313 e. The minimum Gasteiger partial charge on any atom is -0.481 e. The summed E-state index contributed by atoms with van der Waals surface area (Å²) in [5, 5.41) is 18.3. The van der Waals surface area contributed by atoms with Gasteiger partial charge in [-0.2, -0.15) is 0 Å². The van der Waals surface area contributed by atoms with Gasteiger partial charge in [-0.25, -0.2) is 0 Å². The van der Waals surface area contributed by atoms with Crippen molar-refractivity contribution in [1.82, 2.24) is 14.8 Å². The highest BCUT2D eigenvalue weighted by molar-refractivity contribution is 9.10. The van der Waals surface area contributed by atoms with Crippen LogP contribution in [0.4, 0.5) is 0 Å². The van der Waals surface area contributed by atoms with Gasteiger partial charge >= 0.3 is 5.97 Å². The van der Waals surface area contributed by atoms with E-state index in [0.29, 0.717) is 16.0 Å². The SMILES string of the molecule is CC(C)n1c(SCC(=O)O)nnc1-c1ccc(Cl)c(Br)c1. The molecule has 1 aromatic heterocycles. The maximum Gasteiger partial charge on any atom is 0.313 e. The molecule has 0 radical (unpaired) electrons. The van der Waals surface area contributed by atoms with Crippen LogP contribution in [0.25, 0.3) is 11.4 Å².